The average molecular weight is 342 g/mol. The van der Waals surface area contributed by atoms with Gasteiger partial charge in [0.2, 0.25) is 6.41 Å². The van der Waals surface area contributed by atoms with Crippen LogP contribution in [0.5, 0.6) is 0 Å². The molecule has 7 heteroatoms. The van der Waals surface area contributed by atoms with E-state index in [1.807, 2.05) is 35.2 Å². The number of benzene rings is 1. The summed E-state index contributed by atoms with van der Waals surface area (Å²) in [4.78, 5) is 38.1. The van der Waals surface area contributed by atoms with E-state index in [0.29, 0.717) is 44.1 Å². The van der Waals surface area contributed by atoms with Gasteiger partial charge in [0.25, 0.3) is 10.9 Å². The summed E-state index contributed by atoms with van der Waals surface area (Å²) in [7, 11) is 0. The predicted molar refractivity (Wildman–Crippen MR) is 99.2 cm³/mol. The molecule has 1 heterocycles. The Kier molecular flexibility index (Phi) is 5.33. The molecule has 25 heavy (non-hydrogen) atoms. The van der Waals surface area contributed by atoms with Gasteiger partial charge in [0.15, 0.2) is 0 Å². The molecule has 2 aromatic carbocycles. The van der Waals surface area contributed by atoms with Gasteiger partial charge in [-0.1, -0.05) is 18.2 Å². The highest BCUT2D eigenvalue weighted by Gasteiger charge is 2.27. The van der Waals surface area contributed by atoms with E-state index in [1.165, 1.54) is 0 Å². The lowest BCUT2D eigenvalue weighted by molar-refractivity contribution is -0.118. The second-order valence-electron chi connectivity index (χ2n) is 6.08. The van der Waals surface area contributed by atoms with Crippen LogP contribution in [-0.4, -0.2) is 50.6 Å². The van der Waals surface area contributed by atoms with Gasteiger partial charge in [-0.05, 0) is 18.6 Å². The molecule has 7 nitrogen and oxygen atoms in total. The van der Waals surface area contributed by atoms with Crippen molar-refractivity contribution in [2.24, 2.45) is 0 Å². The molecule has 0 aliphatic carbocycles. The summed E-state index contributed by atoms with van der Waals surface area (Å²) in [5.41, 5.74) is 1.09. The second kappa shape index (κ2) is 7.83. The lowest BCUT2D eigenvalue weighted by atomic mass is 10.1. The number of hydrogen-bond donors (Lipinski definition) is 2. The zero-order valence-corrected chi connectivity index (χ0v) is 14.0. The highest BCUT2D eigenvalue weighted by Crippen LogP contribution is 2.21. The molecule has 1 aliphatic rings. The van der Waals surface area contributed by atoms with E-state index in [2.05, 4.69) is 10.6 Å². The van der Waals surface area contributed by atoms with Gasteiger partial charge < -0.3 is 20.4 Å². The number of carbonyl (C=O) groups excluding carboxylic acids is 1. The molecule has 0 unspecified atom stereocenters. The van der Waals surface area contributed by atoms with Crippen LogP contribution in [0.15, 0.2) is 39.9 Å². The molecule has 0 atom stereocenters. The third kappa shape index (κ3) is 3.81. The van der Waals surface area contributed by atoms with Crippen LogP contribution < -0.4 is 26.4 Å². The van der Waals surface area contributed by atoms with Crippen LogP contribution in [0.4, 0.5) is 17.1 Å². The summed E-state index contributed by atoms with van der Waals surface area (Å²) in [6, 6.07) is 9.92. The number of piperazine rings is 1. The number of carbonyl (C=O) groups is 1. The molecule has 0 radical (unpaired) electrons. The predicted octanol–water partition coefficient (Wildman–Crippen LogP) is 0.475. The highest BCUT2D eigenvalue weighted by molar-refractivity contribution is 5.75. The van der Waals surface area contributed by atoms with E-state index < -0.39 is 10.9 Å². The first-order valence-electron chi connectivity index (χ1n) is 8.51. The first-order valence-corrected chi connectivity index (χ1v) is 8.51. The maximum absolute atomic E-state index is 11.9. The van der Waals surface area contributed by atoms with Gasteiger partial charge in [0.05, 0.1) is 0 Å². The number of para-hydroxylation sites is 1. The number of hydrogen-bond acceptors (Lipinski definition) is 6. The summed E-state index contributed by atoms with van der Waals surface area (Å²) in [5.74, 6) is 0. The molecule has 1 aliphatic heterocycles. The SMILES string of the molecule is O=CN1CCN(c2c(NCCCNc3ccccc3)c(=O)c2=O)CC1. The fourth-order valence-electron chi connectivity index (χ4n) is 2.99. The summed E-state index contributed by atoms with van der Waals surface area (Å²) in [6.45, 7) is 3.69. The molecule has 132 valence electrons. The van der Waals surface area contributed by atoms with Crippen molar-refractivity contribution in [3.8, 4) is 0 Å². The van der Waals surface area contributed by atoms with Crippen molar-refractivity contribution >= 4 is 23.5 Å². The number of amides is 1. The largest absolute Gasteiger partial charge is 0.385 e. The number of nitrogens with one attached hydrogen (secondary N) is 2. The van der Waals surface area contributed by atoms with E-state index in [0.717, 1.165) is 25.1 Å². The first kappa shape index (κ1) is 17.0. The quantitative estimate of drug-likeness (QED) is 0.412. The van der Waals surface area contributed by atoms with Crippen LogP contribution in [-0.2, 0) is 4.79 Å². The Bertz CT molecular complexity index is 775. The van der Waals surface area contributed by atoms with Crippen LogP contribution in [0.2, 0.25) is 0 Å². The summed E-state index contributed by atoms with van der Waals surface area (Å²) in [6.07, 6.45) is 1.64. The molecule has 2 aromatic rings. The van der Waals surface area contributed by atoms with E-state index in [1.54, 1.807) is 4.90 Å². The minimum Gasteiger partial charge on any atom is -0.385 e. The minimum atomic E-state index is -0.441. The van der Waals surface area contributed by atoms with Crippen LogP contribution in [0, 0.1) is 0 Å². The summed E-state index contributed by atoms with van der Waals surface area (Å²) >= 11 is 0. The number of anilines is 3. The lowest BCUT2D eigenvalue weighted by Gasteiger charge is -2.35. The molecule has 1 fully saturated rings. The Hall–Kier alpha value is -2.83. The van der Waals surface area contributed by atoms with Crippen molar-refractivity contribution in [3.63, 3.8) is 0 Å². The van der Waals surface area contributed by atoms with Crippen LogP contribution >= 0.6 is 0 Å². The van der Waals surface area contributed by atoms with Crippen molar-refractivity contribution in [3.05, 3.63) is 50.8 Å². The van der Waals surface area contributed by atoms with Crippen molar-refractivity contribution in [2.45, 2.75) is 6.42 Å². The zero-order valence-electron chi connectivity index (χ0n) is 14.0. The Morgan fingerprint density at radius 3 is 2.28 bits per heavy atom. The van der Waals surface area contributed by atoms with Crippen LogP contribution in [0.25, 0.3) is 0 Å². The van der Waals surface area contributed by atoms with Crippen molar-refractivity contribution in [1.29, 1.82) is 0 Å². The molecule has 2 N–H and O–H groups in total. The summed E-state index contributed by atoms with van der Waals surface area (Å²) < 4.78 is 0. The van der Waals surface area contributed by atoms with E-state index in [4.69, 9.17) is 0 Å². The first-order chi connectivity index (χ1) is 12.2. The highest BCUT2D eigenvalue weighted by atomic mass is 16.2. The van der Waals surface area contributed by atoms with Crippen LogP contribution in [0.3, 0.4) is 0 Å². The molecule has 0 spiro atoms. The molecule has 3 rings (SSSR count). The lowest BCUT2D eigenvalue weighted by Crippen LogP contribution is -2.51. The Labute approximate surface area is 145 Å². The zero-order chi connectivity index (χ0) is 17.6. The van der Waals surface area contributed by atoms with Gasteiger partial charge in [0, 0.05) is 45.0 Å². The van der Waals surface area contributed by atoms with E-state index >= 15 is 0 Å². The Balaban J connectivity index is 1.48. The van der Waals surface area contributed by atoms with Gasteiger partial charge in [-0.25, -0.2) is 0 Å². The topological polar surface area (TPSA) is 81.8 Å². The monoisotopic (exact) mass is 342 g/mol. The van der Waals surface area contributed by atoms with E-state index in [9.17, 15) is 14.4 Å². The maximum Gasteiger partial charge on any atom is 0.253 e. The number of rotatable bonds is 8. The normalized spacial score (nSPS) is 14.6. The van der Waals surface area contributed by atoms with Crippen molar-refractivity contribution in [1.82, 2.24) is 4.90 Å². The standard InChI is InChI=1S/C18H22N4O3/c23-13-21-9-11-22(12-10-21)16-15(17(24)18(16)25)20-8-4-7-19-14-5-2-1-3-6-14/h1-3,5-6,13,19-20H,4,7-12H2. The minimum absolute atomic E-state index is 0.421. The fraction of sp³-hybridized carbons (Fsp3) is 0.389. The third-order valence-corrected chi connectivity index (χ3v) is 4.42. The van der Waals surface area contributed by atoms with Gasteiger partial charge in [-0.15, -0.1) is 0 Å². The molecule has 0 bridgehead atoms. The Morgan fingerprint density at radius 1 is 0.920 bits per heavy atom. The van der Waals surface area contributed by atoms with Gasteiger partial charge in [-0.2, -0.15) is 0 Å². The molecule has 0 aromatic heterocycles. The fourth-order valence-corrected chi connectivity index (χ4v) is 2.99. The molecular weight excluding hydrogens is 320 g/mol. The van der Waals surface area contributed by atoms with E-state index in [-0.39, 0.29) is 0 Å². The van der Waals surface area contributed by atoms with Gasteiger partial charge in [-0.3, -0.25) is 14.4 Å². The second-order valence-corrected chi connectivity index (χ2v) is 6.08. The molecular formula is C18H22N4O3. The van der Waals surface area contributed by atoms with Crippen molar-refractivity contribution < 1.29 is 4.79 Å². The molecule has 1 saturated heterocycles. The molecule has 0 saturated carbocycles. The number of nitrogens with zero attached hydrogens (tertiary/aromatic N) is 2. The van der Waals surface area contributed by atoms with Crippen LogP contribution in [0.1, 0.15) is 6.42 Å². The maximum atomic E-state index is 11.9. The van der Waals surface area contributed by atoms with Gasteiger partial charge >= 0.3 is 0 Å². The third-order valence-electron chi connectivity index (χ3n) is 4.42. The van der Waals surface area contributed by atoms with Gasteiger partial charge in [0.1, 0.15) is 11.4 Å². The smallest absolute Gasteiger partial charge is 0.253 e. The van der Waals surface area contributed by atoms with Crippen molar-refractivity contribution in [2.75, 3.05) is 54.8 Å². The molecule has 1 amide bonds. The summed E-state index contributed by atoms with van der Waals surface area (Å²) in [5, 5.41) is 6.41. The average Bonchev–Trinajstić information content (AvgIpc) is 2.67. The Morgan fingerprint density at radius 2 is 1.60 bits per heavy atom.